The van der Waals surface area contributed by atoms with Crippen LogP contribution >= 0.6 is 15.9 Å². The molecule has 0 spiro atoms. The first-order valence-electron chi connectivity index (χ1n) is 5.65. The molecule has 2 N–H and O–H groups in total. The Morgan fingerprint density at radius 3 is 2.60 bits per heavy atom. The summed E-state index contributed by atoms with van der Waals surface area (Å²) < 4.78 is 1.22. The van der Waals surface area contributed by atoms with Crippen LogP contribution in [0, 0.1) is 6.92 Å². The highest BCUT2D eigenvalue weighted by atomic mass is 79.9. The normalized spacial score (nSPS) is 19.4. The molecule has 1 aliphatic carbocycles. The molecule has 0 aromatic heterocycles. The van der Waals surface area contributed by atoms with Crippen molar-refractivity contribution in [3.05, 3.63) is 33.8 Å². The molecule has 0 amide bonds. The van der Waals surface area contributed by atoms with Gasteiger partial charge in [0.25, 0.3) is 0 Å². The summed E-state index contributed by atoms with van der Waals surface area (Å²) in [6, 6.07) is 6.59. The van der Waals surface area contributed by atoms with Crippen LogP contribution in [0.4, 0.5) is 0 Å². The number of aryl methyl sites for hydroxylation is 1. The van der Waals surface area contributed by atoms with Crippen LogP contribution in [-0.2, 0) is 5.41 Å². The van der Waals surface area contributed by atoms with E-state index in [4.69, 9.17) is 5.73 Å². The first kappa shape index (κ1) is 11.2. The van der Waals surface area contributed by atoms with Gasteiger partial charge in [-0.05, 0) is 31.4 Å². The van der Waals surface area contributed by atoms with Gasteiger partial charge in [-0.15, -0.1) is 0 Å². The fraction of sp³-hybridized carbons (Fsp3) is 0.538. The van der Waals surface area contributed by atoms with Crippen molar-refractivity contribution in [1.82, 2.24) is 0 Å². The van der Waals surface area contributed by atoms with Crippen LogP contribution in [0.2, 0.25) is 0 Å². The number of rotatable bonds is 2. The van der Waals surface area contributed by atoms with Crippen LogP contribution in [0.1, 0.15) is 36.8 Å². The molecule has 0 heterocycles. The Bertz CT molecular complexity index is 354. The highest BCUT2D eigenvalue weighted by Crippen LogP contribution is 2.43. The molecule has 0 atom stereocenters. The Kier molecular flexibility index (Phi) is 3.17. The van der Waals surface area contributed by atoms with Gasteiger partial charge in [-0.2, -0.15) is 0 Å². The van der Waals surface area contributed by atoms with Crippen LogP contribution in [-0.4, -0.2) is 6.54 Å². The van der Waals surface area contributed by atoms with E-state index in [9.17, 15) is 0 Å². The van der Waals surface area contributed by atoms with Gasteiger partial charge < -0.3 is 5.73 Å². The molecule has 1 saturated carbocycles. The molecule has 1 aromatic rings. The predicted octanol–water partition coefficient (Wildman–Crippen LogP) is 3.53. The molecule has 82 valence electrons. The molecular weight excluding hydrogens is 250 g/mol. The van der Waals surface area contributed by atoms with Gasteiger partial charge in [-0.3, -0.25) is 0 Å². The van der Waals surface area contributed by atoms with Crippen LogP contribution in [0.25, 0.3) is 0 Å². The number of hydrogen-bond donors (Lipinski definition) is 1. The van der Waals surface area contributed by atoms with Gasteiger partial charge in [-0.1, -0.05) is 46.5 Å². The minimum absolute atomic E-state index is 0.241. The Morgan fingerprint density at radius 1 is 1.33 bits per heavy atom. The molecule has 1 nitrogen and oxygen atoms in total. The quantitative estimate of drug-likeness (QED) is 0.872. The smallest absolute Gasteiger partial charge is 0.0213 e. The highest BCUT2D eigenvalue weighted by molar-refractivity contribution is 9.10. The fourth-order valence-electron chi connectivity index (χ4n) is 2.68. The maximum Gasteiger partial charge on any atom is 0.0213 e. The molecule has 2 heteroatoms. The SMILES string of the molecule is Cc1ccc(Br)c(C2(CN)CCCC2)c1. The van der Waals surface area contributed by atoms with E-state index in [1.54, 1.807) is 0 Å². The molecule has 15 heavy (non-hydrogen) atoms. The van der Waals surface area contributed by atoms with Crippen molar-refractivity contribution in [2.24, 2.45) is 5.73 Å². The van der Waals surface area contributed by atoms with Crippen molar-refractivity contribution in [3.8, 4) is 0 Å². The van der Waals surface area contributed by atoms with E-state index in [2.05, 4.69) is 41.1 Å². The molecule has 1 aliphatic rings. The zero-order valence-electron chi connectivity index (χ0n) is 9.22. The third-order valence-corrected chi connectivity index (χ3v) is 4.34. The van der Waals surface area contributed by atoms with Crippen molar-refractivity contribution in [2.75, 3.05) is 6.54 Å². The summed E-state index contributed by atoms with van der Waals surface area (Å²) >= 11 is 3.66. The molecule has 0 radical (unpaired) electrons. The summed E-state index contributed by atoms with van der Waals surface area (Å²) in [5, 5.41) is 0. The van der Waals surface area contributed by atoms with E-state index in [1.807, 2.05) is 0 Å². The van der Waals surface area contributed by atoms with Gasteiger partial charge in [0.2, 0.25) is 0 Å². The van der Waals surface area contributed by atoms with Crippen LogP contribution in [0.3, 0.4) is 0 Å². The standard InChI is InChI=1S/C13H18BrN/c1-10-4-5-12(14)11(8-10)13(9-15)6-2-3-7-13/h4-5,8H,2-3,6-7,9,15H2,1H3. The third kappa shape index (κ3) is 1.98. The number of halogens is 1. The molecule has 2 rings (SSSR count). The number of nitrogens with two attached hydrogens (primary N) is 1. The second-order valence-corrected chi connectivity index (χ2v) is 5.53. The van der Waals surface area contributed by atoms with E-state index in [1.165, 1.54) is 41.3 Å². The van der Waals surface area contributed by atoms with E-state index < -0.39 is 0 Å². The molecule has 0 saturated heterocycles. The largest absolute Gasteiger partial charge is 0.330 e. The minimum atomic E-state index is 0.241. The summed E-state index contributed by atoms with van der Waals surface area (Å²) in [4.78, 5) is 0. The van der Waals surface area contributed by atoms with E-state index in [-0.39, 0.29) is 5.41 Å². The van der Waals surface area contributed by atoms with Crippen LogP contribution in [0.5, 0.6) is 0 Å². The minimum Gasteiger partial charge on any atom is -0.330 e. The topological polar surface area (TPSA) is 26.0 Å². The predicted molar refractivity (Wildman–Crippen MR) is 68.1 cm³/mol. The lowest BCUT2D eigenvalue weighted by Crippen LogP contribution is -2.32. The van der Waals surface area contributed by atoms with E-state index >= 15 is 0 Å². The second kappa shape index (κ2) is 4.26. The average Bonchev–Trinajstić information content (AvgIpc) is 2.71. The average molecular weight is 268 g/mol. The zero-order chi connectivity index (χ0) is 10.9. The summed E-state index contributed by atoms with van der Waals surface area (Å²) in [5.41, 5.74) is 8.99. The lowest BCUT2D eigenvalue weighted by Gasteiger charge is -2.29. The number of benzene rings is 1. The zero-order valence-corrected chi connectivity index (χ0v) is 10.8. The van der Waals surface area contributed by atoms with Crippen molar-refractivity contribution in [2.45, 2.75) is 38.0 Å². The van der Waals surface area contributed by atoms with Gasteiger partial charge >= 0.3 is 0 Å². The molecule has 0 unspecified atom stereocenters. The molecule has 0 aliphatic heterocycles. The molecule has 1 aromatic carbocycles. The van der Waals surface area contributed by atoms with Crippen molar-refractivity contribution >= 4 is 15.9 Å². The van der Waals surface area contributed by atoms with E-state index in [0.717, 1.165) is 6.54 Å². The Balaban J connectivity index is 2.46. The third-order valence-electron chi connectivity index (χ3n) is 3.64. The molecular formula is C13H18BrN. The summed E-state index contributed by atoms with van der Waals surface area (Å²) in [6.07, 6.45) is 5.12. The van der Waals surface area contributed by atoms with Crippen molar-refractivity contribution < 1.29 is 0 Å². The number of hydrogen-bond acceptors (Lipinski definition) is 1. The van der Waals surface area contributed by atoms with Gasteiger partial charge in [0.1, 0.15) is 0 Å². The molecule has 1 fully saturated rings. The summed E-state index contributed by atoms with van der Waals surface area (Å²) in [7, 11) is 0. The second-order valence-electron chi connectivity index (χ2n) is 4.67. The highest BCUT2D eigenvalue weighted by Gasteiger charge is 2.35. The molecule has 0 bridgehead atoms. The van der Waals surface area contributed by atoms with Crippen LogP contribution in [0.15, 0.2) is 22.7 Å². The van der Waals surface area contributed by atoms with Crippen molar-refractivity contribution in [3.63, 3.8) is 0 Å². The maximum absolute atomic E-state index is 6.00. The van der Waals surface area contributed by atoms with E-state index in [0.29, 0.717) is 0 Å². The van der Waals surface area contributed by atoms with Gasteiger partial charge in [-0.25, -0.2) is 0 Å². The summed E-state index contributed by atoms with van der Waals surface area (Å²) in [6.45, 7) is 2.92. The monoisotopic (exact) mass is 267 g/mol. The van der Waals surface area contributed by atoms with Gasteiger partial charge in [0, 0.05) is 16.4 Å². The Morgan fingerprint density at radius 2 is 2.00 bits per heavy atom. The fourth-order valence-corrected chi connectivity index (χ4v) is 3.35. The summed E-state index contributed by atoms with van der Waals surface area (Å²) in [5.74, 6) is 0. The van der Waals surface area contributed by atoms with Crippen molar-refractivity contribution in [1.29, 1.82) is 0 Å². The Hall–Kier alpha value is -0.340. The lowest BCUT2D eigenvalue weighted by molar-refractivity contribution is 0.451. The van der Waals surface area contributed by atoms with Gasteiger partial charge in [0.15, 0.2) is 0 Å². The Labute approximate surface area is 100 Å². The van der Waals surface area contributed by atoms with Crippen LogP contribution < -0.4 is 5.73 Å². The first-order chi connectivity index (χ1) is 7.18. The lowest BCUT2D eigenvalue weighted by atomic mass is 9.78. The first-order valence-corrected chi connectivity index (χ1v) is 6.44. The van der Waals surface area contributed by atoms with Gasteiger partial charge in [0.05, 0.1) is 0 Å². The maximum atomic E-state index is 6.00.